The normalized spacial score (nSPS) is 11.0. The van der Waals surface area contributed by atoms with Crippen molar-refractivity contribution >= 4 is 11.6 Å². The third-order valence-corrected chi connectivity index (χ3v) is 4.05. The molecule has 0 atom stereocenters. The molecule has 0 aromatic carbocycles. The van der Waals surface area contributed by atoms with Crippen LogP contribution < -0.4 is 0 Å². The highest BCUT2D eigenvalue weighted by Gasteiger charge is 2.21. The van der Waals surface area contributed by atoms with Gasteiger partial charge in [-0.25, -0.2) is 9.37 Å². The lowest BCUT2D eigenvalue weighted by molar-refractivity contribution is 0.0758. The summed E-state index contributed by atoms with van der Waals surface area (Å²) in [4.78, 5) is 23.0. The number of aryl methyl sites for hydroxylation is 1. The van der Waals surface area contributed by atoms with Gasteiger partial charge in [-0.15, -0.1) is 0 Å². The van der Waals surface area contributed by atoms with Crippen molar-refractivity contribution in [2.45, 2.75) is 20.3 Å². The molecule has 0 unspecified atom stereocenters. The molecule has 124 valence electrons. The van der Waals surface area contributed by atoms with E-state index in [1.165, 1.54) is 16.7 Å². The Bertz CT molecular complexity index is 860. The molecule has 0 aliphatic carbocycles. The quantitative estimate of drug-likeness (QED) is 0.724. The molecule has 0 spiro atoms. The summed E-state index contributed by atoms with van der Waals surface area (Å²) >= 11 is 0. The Labute approximate surface area is 139 Å². The van der Waals surface area contributed by atoms with Gasteiger partial charge in [0.2, 0.25) is 0 Å². The summed E-state index contributed by atoms with van der Waals surface area (Å²) in [6.45, 7) is 4.87. The molecular formula is C18H19FN4O. The zero-order chi connectivity index (χ0) is 17.1. The number of hydrogen-bond acceptors (Lipinski definition) is 3. The molecule has 3 aromatic rings. The third kappa shape index (κ3) is 3.13. The minimum absolute atomic E-state index is 0.137. The monoisotopic (exact) mass is 326 g/mol. The van der Waals surface area contributed by atoms with Crippen molar-refractivity contribution in [3.05, 3.63) is 65.6 Å². The number of nitrogens with zero attached hydrogens (tertiary/aromatic N) is 4. The summed E-state index contributed by atoms with van der Waals surface area (Å²) < 4.78 is 15.1. The maximum Gasteiger partial charge on any atom is 0.272 e. The predicted octanol–water partition coefficient (Wildman–Crippen LogP) is 2.88. The van der Waals surface area contributed by atoms with Crippen molar-refractivity contribution in [3.63, 3.8) is 0 Å². The van der Waals surface area contributed by atoms with Gasteiger partial charge in [-0.2, -0.15) is 0 Å². The Morgan fingerprint density at radius 1 is 1.25 bits per heavy atom. The number of fused-ring (bicyclic) bond motifs is 1. The number of rotatable bonds is 5. The van der Waals surface area contributed by atoms with Crippen LogP contribution in [0, 0.1) is 12.7 Å². The number of carbonyl (C=O) groups is 1. The fourth-order valence-electron chi connectivity index (χ4n) is 2.76. The van der Waals surface area contributed by atoms with Gasteiger partial charge in [-0.3, -0.25) is 14.2 Å². The van der Waals surface area contributed by atoms with Gasteiger partial charge in [0.15, 0.2) is 0 Å². The molecule has 0 radical (unpaired) electrons. The van der Waals surface area contributed by atoms with E-state index in [-0.39, 0.29) is 5.91 Å². The number of pyridine rings is 2. The Kier molecular flexibility index (Phi) is 4.55. The van der Waals surface area contributed by atoms with Crippen molar-refractivity contribution in [2.75, 3.05) is 13.1 Å². The third-order valence-electron chi connectivity index (χ3n) is 4.05. The van der Waals surface area contributed by atoms with E-state index >= 15 is 0 Å². The van der Waals surface area contributed by atoms with Crippen LogP contribution in [0.1, 0.15) is 28.7 Å². The van der Waals surface area contributed by atoms with Crippen LogP contribution in [-0.4, -0.2) is 38.3 Å². The topological polar surface area (TPSA) is 50.5 Å². The van der Waals surface area contributed by atoms with E-state index in [0.717, 1.165) is 12.0 Å². The van der Waals surface area contributed by atoms with Crippen molar-refractivity contribution in [1.82, 2.24) is 19.3 Å². The van der Waals surface area contributed by atoms with E-state index in [1.807, 2.05) is 19.1 Å². The van der Waals surface area contributed by atoms with Crippen LogP contribution in [0.2, 0.25) is 0 Å². The maximum absolute atomic E-state index is 13.6. The molecule has 0 bridgehead atoms. The first-order valence-corrected chi connectivity index (χ1v) is 7.92. The number of carbonyl (C=O) groups excluding carboxylic acids is 1. The van der Waals surface area contributed by atoms with E-state index in [9.17, 15) is 9.18 Å². The highest BCUT2D eigenvalue weighted by Crippen LogP contribution is 2.16. The summed E-state index contributed by atoms with van der Waals surface area (Å²) in [5.74, 6) is -0.532. The van der Waals surface area contributed by atoms with Crippen LogP contribution >= 0.6 is 0 Å². The molecule has 1 amide bonds. The predicted molar refractivity (Wildman–Crippen MR) is 89.4 cm³/mol. The number of aromatic nitrogens is 3. The molecule has 3 heterocycles. The van der Waals surface area contributed by atoms with E-state index in [1.54, 1.807) is 30.3 Å². The second-order valence-corrected chi connectivity index (χ2v) is 5.61. The number of hydrogen-bond donors (Lipinski definition) is 0. The molecule has 6 heteroatoms. The molecule has 5 nitrogen and oxygen atoms in total. The smallest absolute Gasteiger partial charge is 0.272 e. The maximum atomic E-state index is 13.6. The second-order valence-electron chi connectivity index (χ2n) is 5.61. The standard InChI is InChI=1S/C18H19FN4O/c1-3-22(11-8-14-6-9-20-10-7-14)18(24)17-13(2)21-16-5-4-15(19)12-23(16)17/h4-7,9-10,12H,3,8,11H2,1-2H3. The van der Waals surface area contributed by atoms with Crippen LogP contribution in [0.3, 0.4) is 0 Å². The van der Waals surface area contributed by atoms with Crippen LogP contribution in [-0.2, 0) is 6.42 Å². The van der Waals surface area contributed by atoms with E-state index in [0.29, 0.717) is 30.1 Å². The lowest BCUT2D eigenvalue weighted by atomic mass is 10.2. The summed E-state index contributed by atoms with van der Waals surface area (Å²) in [5.41, 5.74) is 2.72. The number of halogens is 1. The molecule has 3 aromatic heterocycles. The average Bonchev–Trinajstić information content (AvgIpc) is 2.91. The van der Waals surface area contributed by atoms with E-state index in [4.69, 9.17) is 0 Å². The van der Waals surface area contributed by atoms with Gasteiger partial charge in [-0.05, 0) is 50.1 Å². The molecule has 24 heavy (non-hydrogen) atoms. The molecule has 0 fully saturated rings. The summed E-state index contributed by atoms with van der Waals surface area (Å²) in [7, 11) is 0. The molecule has 0 aliphatic heterocycles. The summed E-state index contributed by atoms with van der Waals surface area (Å²) in [6, 6.07) is 6.80. The van der Waals surface area contributed by atoms with Crippen LogP contribution in [0.5, 0.6) is 0 Å². The fourth-order valence-corrected chi connectivity index (χ4v) is 2.76. The molecule has 0 saturated carbocycles. The first kappa shape index (κ1) is 16.1. The highest BCUT2D eigenvalue weighted by atomic mass is 19.1. The Morgan fingerprint density at radius 3 is 2.71 bits per heavy atom. The van der Waals surface area contributed by atoms with Gasteiger partial charge < -0.3 is 4.90 Å². The van der Waals surface area contributed by atoms with Crippen LogP contribution in [0.25, 0.3) is 5.65 Å². The van der Waals surface area contributed by atoms with Gasteiger partial charge in [-0.1, -0.05) is 0 Å². The van der Waals surface area contributed by atoms with Crippen molar-refractivity contribution in [3.8, 4) is 0 Å². The van der Waals surface area contributed by atoms with Crippen molar-refractivity contribution in [1.29, 1.82) is 0 Å². The van der Waals surface area contributed by atoms with Crippen LogP contribution in [0.15, 0.2) is 42.9 Å². The first-order chi connectivity index (χ1) is 11.6. The lowest BCUT2D eigenvalue weighted by Crippen LogP contribution is -2.34. The van der Waals surface area contributed by atoms with E-state index in [2.05, 4.69) is 9.97 Å². The summed E-state index contributed by atoms with van der Waals surface area (Å²) in [5, 5.41) is 0. The van der Waals surface area contributed by atoms with Crippen LogP contribution in [0.4, 0.5) is 4.39 Å². The Morgan fingerprint density at radius 2 is 2.00 bits per heavy atom. The Balaban J connectivity index is 1.86. The Hall–Kier alpha value is -2.76. The molecule has 3 rings (SSSR count). The van der Waals surface area contributed by atoms with Crippen molar-refractivity contribution in [2.24, 2.45) is 0 Å². The molecule has 0 N–H and O–H groups in total. The van der Waals surface area contributed by atoms with Gasteiger partial charge in [0.05, 0.1) is 5.69 Å². The van der Waals surface area contributed by atoms with Gasteiger partial charge >= 0.3 is 0 Å². The SMILES string of the molecule is CCN(CCc1ccncc1)C(=O)c1c(C)nc2ccc(F)cn12. The highest BCUT2D eigenvalue weighted by molar-refractivity contribution is 5.94. The first-order valence-electron chi connectivity index (χ1n) is 7.92. The second kappa shape index (κ2) is 6.78. The minimum atomic E-state index is -0.395. The molecular weight excluding hydrogens is 307 g/mol. The number of amides is 1. The van der Waals surface area contributed by atoms with E-state index < -0.39 is 5.82 Å². The zero-order valence-corrected chi connectivity index (χ0v) is 13.7. The zero-order valence-electron chi connectivity index (χ0n) is 13.7. The average molecular weight is 326 g/mol. The van der Waals surface area contributed by atoms with Gasteiger partial charge in [0.1, 0.15) is 17.2 Å². The summed E-state index contributed by atoms with van der Waals surface area (Å²) in [6.07, 6.45) is 5.53. The largest absolute Gasteiger partial charge is 0.337 e. The van der Waals surface area contributed by atoms with Gasteiger partial charge in [0, 0.05) is 31.7 Å². The van der Waals surface area contributed by atoms with Gasteiger partial charge in [0.25, 0.3) is 5.91 Å². The molecule has 0 aliphatic rings. The number of likely N-dealkylation sites (N-methyl/N-ethyl adjacent to an activating group) is 1. The molecule has 0 saturated heterocycles. The minimum Gasteiger partial charge on any atom is -0.337 e. The number of imidazole rings is 1. The lowest BCUT2D eigenvalue weighted by Gasteiger charge is -2.21. The van der Waals surface area contributed by atoms with Crippen molar-refractivity contribution < 1.29 is 9.18 Å². The fraction of sp³-hybridized carbons (Fsp3) is 0.278.